The number of rotatable bonds is 5. The van der Waals surface area contributed by atoms with Gasteiger partial charge in [-0.25, -0.2) is 0 Å². The molecule has 1 atom stereocenters. The van der Waals surface area contributed by atoms with Crippen molar-refractivity contribution >= 4 is 5.91 Å². The molecule has 0 aliphatic carbocycles. The molecule has 1 unspecified atom stereocenters. The van der Waals surface area contributed by atoms with Crippen molar-refractivity contribution in [3.8, 4) is 5.75 Å². The number of nitrogens with two attached hydrogens (primary N) is 2. The second kappa shape index (κ2) is 6.72. The van der Waals surface area contributed by atoms with E-state index in [9.17, 15) is 4.79 Å². The van der Waals surface area contributed by atoms with Crippen LogP contribution >= 0.6 is 0 Å². The van der Waals surface area contributed by atoms with Crippen LogP contribution in [0.5, 0.6) is 5.75 Å². The topological polar surface area (TPSA) is 81.6 Å². The van der Waals surface area contributed by atoms with Crippen LogP contribution in [-0.4, -0.2) is 37.6 Å². The first kappa shape index (κ1) is 14.8. The molecule has 0 spiro atoms. The normalized spacial score (nSPS) is 18.7. The molecule has 0 bridgehead atoms. The molecular weight excluding hydrogens is 254 g/mol. The van der Waals surface area contributed by atoms with Gasteiger partial charge in [-0.2, -0.15) is 0 Å². The lowest BCUT2D eigenvalue weighted by molar-refractivity contribution is -0.123. The van der Waals surface area contributed by atoms with Gasteiger partial charge in [-0.1, -0.05) is 18.2 Å². The molecule has 4 N–H and O–H groups in total. The molecule has 110 valence electrons. The fourth-order valence-corrected chi connectivity index (χ4v) is 2.91. The molecule has 5 heteroatoms. The number of para-hydroxylation sites is 1. The molecule has 1 heterocycles. The van der Waals surface area contributed by atoms with E-state index < -0.39 is 0 Å². The largest absolute Gasteiger partial charge is 0.496 e. The van der Waals surface area contributed by atoms with Crippen LogP contribution in [0.25, 0.3) is 0 Å². The van der Waals surface area contributed by atoms with Crippen LogP contribution < -0.4 is 16.2 Å². The van der Waals surface area contributed by atoms with E-state index >= 15 is 0 Å². The second-order valence-corrected chi connectivity index (χ2v) is 5.21. The molecule has 20 heavy (non-hydrogen) atoms. The molecule has 1 aliphatic rings. The average molecular weight is 277 g/mol. The van der Waals surface area contributed by atoms with Crippen LogP contribution in [0.4, 0.5) is 0 Å². The van der Waals surface area contributed by atoms with Crippen LogP contribution in [0.2, 0.25) is 0 Å². The van der Waals surface area contributed by atoms with E-state index in [0.717, 1.165) is 37.2 Å². The van der Waals surface area contributed by atoms with Gasteiger partial charge in [0.15, 0.2) is 0 Å². The summed E-state index contributed by atoms with van der Waals surface area (Å²) in [7, 11) is 1.67. The molecule has 1 saturated heterocycles. The second-order valence-electron chi connectivity index (χ2n) is 5.21. The van der Waals surface area contributed by atoms with E-state index in [2.05, 4.69) is 11.0 Å². The number of primary amides is 1. The zero-order chi connectivity index (χ0) is 14.5. The Morgan fingerprint density at radius 2 is 2.05 bits per heavy atom. The fraction of sp³-hybridized carbons (Fsp3) is 0.533. The van der Waals surface area contributed by atoms with Gasteiger partial charge >= 0.3 is 0 Å². The first-order valence-electron chi connectivity index (χ1n) is 7.03. The van der Waals surface area contributed by atoms with Crippen LogP contribution in [-0.2, 0) is 4.79 Å². The first-order chi connectivity index (χ1) is 9.67. The van der Waals surface area contributed by atoms with Gasteiger partial charge in [-0.05, 0) is 32.0 Å². The maximum Gasteiger partial charge on any atom is 0.220 e. The summed E-state index contributed by atoms with van der Waals surface area (Å²) in [6, 6.07) is 8.08. The van der Waals surface area contributed by atoms with Gasteiger partial charge in [0.05, 0.1) is 13.2 Å². The summed E-state index contributed by atoms with van der Waals surface area (Å²) in [5, 5.41) is 0. The zero-order valence-corrected chi connectivity index (χ0v) is 11.9. The Bertz CT molecular complexity index is 456. The third-order valence-corrected chi connectivity index (χ3v) is 4.09. The molecule has 1 amide bonds. The Morgan fingerprint density at radius 1 is 1.40 bits per heavy atom. The minimum Gasteiger partial charge on any atom is -0.496 e. The van der Waals surface area contributed by atoms with Crippen molar-refractivity contribution in [3.63, 3.8) is 0 Å². The minimum absolute atomic E-state index is 0.00217. The van der Waals surface area contributed by atoms with Crippen LogP contribution in [0, 0.1) is 5.92 Å². The number of likely N-dealkylation sites (tertiary alicyclic amines) is 1. The summed E-state index contributed by atoms with van der Waals surface area (Å²) in [4.78, 5) is 13.5. The van der Waals surface area contributed by atoms with Crippen LogP contribution in [0.3, 0.4) is 0 Å². The van der Waals surface area contributed by atoms with Gasteiger partial charge in [0.1, 0.15) is 5.75 Å². The highest BCUT2D eigenvalue weighted by molar-refractivity contribution is 5.76. The zero-order valence-electron chi connectivity index (χ0n) is 11.9. The molecular formula is C15H23N3O2. The predicted octanol–water partition coefficient (Wildman–Crippen LogP) is 0.892. The number of benzene rings is 1. The van der Waals surface area contributed by atoms with Crippen molar-refractivity contribution in [2.24, 2.45) is 17.4 Å². The smallest absolute Gasteiger partial charge is 0.220 e. The Labute approximate surface area is 119 Å². The van der Waals surface area contributed by atoms with Gasteiger partial charge in [0, 0.05) is 18.0 Å². The molecule has 0 aromatic heterocycles. The molecule has 1 aromatic carbocycles. The van der Waals surface area contributed by atoms with E-state index in [-0.39, 0.29) is 17.9 Å². The van der Waals surface area contributed by atoms with Crippen molar-refractivity contribution < 1.29 is 9.53 Å². The van der Waals surface area contributed by atoms with Crippen molar-refractivity contribution in [3.05, 3.63) is 29.8 Å². The number of hydrogen-bond donors (Lipinski definition) is 2. The highest BCUT2D eigenvalue weighted by atomic mass is 16.5. The van der Waals surface area contributed by atoms with E-state index in [1.165, 1.54) is 0 Å². The van der Waals surface area contributed by atoms with E-state index in [0.29, 0.717) is 6.54 Å². The number of ether oxygens (including phenoxy) is 1. The van der Waals surface area contributed by atoms with Crippen molar-refractivity contribution in [1.29, 1.82) is 0 Å². The van der Waals surface area contributed by atoms with Gasteiger partial charge in [-0.3, -0.25) is 9.69 Å². The Hall–Kier alpha value is -1.59. The number of hydrogen-bond acceptors (Lipinski definition) is 4. The Kier molecular flexibility index (Phi) is 4.98. The van der Waals surface area contributed by atoms with Crippen molar-refractivity contribution in [1.82, 2.24) is 4.90 Å². The Balaban J connectivity index is 2.11. The maximum atomic E-state index is 11.2. The number of piperidine rings is 1. The van der Waals surface area contributed by atoms with Crippen LogP contribution in [0.15, 0.2) is 24.3 Å². The van der Waals surface area contributed by atoms with E-state index in [1.54, 1.807) is 7.11 Å². The van der Waals surface area contributed by atoms with Crippen LogP contribution in [0.1, 0.15) is 24.4 Å². The lowest BCUT2D eigenvalue weighted by Gasteiger charge is -2.36. The summed E-state index contributed by atoms with van der Waals surface area (Å²) in [6.45, 7) is 2.21. The SMILES string of the molecule is COc1ccccc1C(CN)N1CCC(C(N)=O)CC1. The Morgan fingerprint density at radius 3 is 2.60 bits per heavy atom. The average Bonchev–Trinajstić information content (AvgIpc) is 2.49. The molecule has 1 aromatic rings. The molecule has 0 radical (unpaired) electrons. The summed E-state index contributed by atoms with van der Waals surface area (Å²) in [6.07, 6.45) is 1.61. The van der Waals surface area contributed by atoms with Gasteiger partial charge in [0.25, 0.3) is 0 Å². The number of nitrogens with zero attached hydrogens (tertiary/aromatic N) is 1. The van der Waals surface area contributed by atoms with Crippen molar-refractivity contribution in [2.45, 2.75) is 18.9 Å². The summed E-state index contributed by atoms with van der Waals surface area (Å²) < 4.78 is 5.42. The fourth-order valence-electron chi connectivity index (χ4n) is 2.91. The van der Waals surface area contributed by atoms with Gasteiger partial charge < -0.3 is 16.2 Å². The quantitative estimate of drug-likeness (QED) is 0.837. The summed E-state index contributed by atoms with van der Waals surface area (Å²) in [5.74, 6) is 0.675. The molecule has 1 aliphatic heterocycles. The number of amides is 1. The third kappa shape index (κ3) is 3.11. The number of carbonyl (C=O) groups excluding carboxylic acids is 1. The molecule has 5 nitrogen and oxygen atoms in total. The molecule has 0 saturated carbocycles. The lowest BCUT2D eigenvalue weighted by Crippen LogP contribution is -2.42. The predicted molar refractivity (Wildman–Crippen MR) is 78.3 cm³/mol. The monoisotopic (exact) mass is 277 g/mol. The third-order valence-electron chi connectivity index (χ3n) is 4.09. The lowest BCUT2D eigenvalue weighted by atomic mass is 9.93. The molecule has 2 rings (SSSR count). The maximum absolute atomic E-state index is 11.2. The summed E-state index contributed by atoms with van der Waals surface area (Å²) in [5.41, 5.74) is 12.4. The standard InChI is InChI=1S/C15H23N3O2/c1-20-14-5-3-2-4-12(14)13(10-16)18-8-6-11(7-9-18)15(17)19/h2-5,11,13H,6-10,16H2,1H3,(H2,17,19). The van der Waals surface area contributed by atoms with E-state index in [1.807, 2.05) is 18.2 Å². The highest BCUT2D eigenvalue weighted by Crippen LogP contribution is 2.31. The number of methoxy groups -OCH3 is 1. The summed E-state index contributed by atoms with van der Waals surface area (Å²) >= 11 is 0. The van der Waals surface area contributed by atoms with Gasteiger partial charge in [-0.15, -0.1) is 0 Å². The highest BCUT2D eigenvalue weighted by Gasteiger charge is 2.28. The molecule has 1 fully saturated rings. The van der Waals surface area contributed by atoms with Gasteiger partial charge in [0.2, 0.25) is 5.91 Å². The first-order valence-corrected chi connectivity index (χ1v) is 7.03. The van der Waals surface area contributed by atoms with E-state index in [4.69, 9.17) is 16.2 Å². The van der Waals surface area contributed by atoms with Crippen molar-refractivity contribution in [2.75, 3.05) is 26.7 Å². The number of carbonyl (C=O) groups is 1. The minimum atomic E-state index is -0.189.